The van der Waals surface area contributed by atoms with Gasteiger partial charge in [-0.25, -0.2) is 4.79 Å². The molecule has 7 heteroatoms. The van der Waals surface area contributed by atoms with Gasteiger partial charge in [0.15, 0.2) is 0 Å². The van der Waals surface area contributed by atoms with E-state index in [0.29, 0.717) is 29.6 Å². The van der Waals surface area contributed by atoms with E-state index in [1.54, 1.807) is 53.5 Å². The number of hydrogen-bond donors (Lipinski definition) is 2. The molecule has 2 N–H and O–H groups in total. The fraction of sp³-hybridized carbons (Fsp3) is 0.100. The Labute approximate surface area is 153 Å². The van der Waals surface area contributed by atoms with Crippen LogP contribution in [-0.4, -0.2) is 22.0 Å². The van der Waals surface area contributed by atoms with Crippen LogP contribution in [0.2, 0.25) is 0 Å². The molecule has 0 aliphatic rings. The van der Waals surface area contributed by atoms with Gasteiger partial charge < -0.3 is 14.3 Å². The van der Waals surface area contributed by atoms with Gasteiger partial charge in [0.05, 0.1) is 0 Å². The van der Waals surface area contributed by atoms with Crippen molar-refractivity contribution in [3.8, 4) is 0 Å². The zero-order valence-electron chi connectivity index (χ0n) is 14.3. The van der Waals surface area contributed by atoms with Crippen LogP contribution in [0, 0.1) is 5.41 Å². The lowest BCUT2D eigenvalue weighted by molar-refractivity contribution is 0.0952. The van der Waals surface area contributed by atoms with Gasteiger partial charge >= 0.3 is 5.63 Å². The maximum atomic E-state index is 12.4. The maximum Gasteiger partial charge on any atom is 0.347 e. The highest BCUT2D eigenvalue weighted by Crippen LogP contribution is 2.20. The SMILES string of the molecule is N=c1c2c(=O)oc3ccccc3c2ccn1CCNC(=O)c1ccncc1. The van der Waals surface area contributed by atoms with Crippen molar-refractivity contribution >= 4 is 27.6 Å². The molecule has 0 aliphatic carbocycles. The molecule has 0 spiro atoms. The van der Waals surface area contributed by atoms with Crippen molar-refractivity contribution in [1.29, 1.82) is 5.41 Å². The van der Waals surface area contributed by atoms with Gasteiger partial charge in [-0.1, -0.05) is 18.2 Å². The number of benzene rings is 1. The monoisotopic (exact) mass is 360 g/mol. The summed E-state index contributed by atoms with van der Waals surface area (Å²) in [5, 5.41) is 12.9. The van der Waals surface area contributed by atoms with E-state index < -0.39 is 5.63 Å². The molecule has 0 aliphatic heterocycles. The lowest BCUT2D eigenvalue weighted by atomic mass is 10.1. The second kappa shape index (κ2) is 6.87. The van der Waals surface area contributed by atoms with Gasteiger partial charge in [-0.05, 0) is 24.3 Å². The lowest BCUT2D eigenvalue weighted by Gasteiger charge is -2.10. The molecule has 4 aromatic rings. The Morgan fingerprint density at radius 3 is 2.70 bits per heavy atom. The molecular weight excluding hydrogens is 344 g/mol. The number of hydrogen-bond acceptors (Lipinski definition) is 5. The minimum Gasteiger partial charge on any atom is -0.422 e. The van der Waals surface area contributed by atoms with Gasteiger partial charge in [0.1, 0.15) is 16.5 Å². The average Bonchev–Trinajstić information content (AvgIpc) is 2.70. The van der Waals surface area contributed by atoms with E-state index in [4.69, 9.17) is 9.83 Å². The van der Waals surface area contributed by atoms with Gasteiger partial charge in [0, 0.05) is 48.0 Å². The standard InChI is InChI=1S/C20H16N4O3/c21-18-17-15(14-3-1-2-4-16(14)27-20(17)26)7-11-24(18)12-10-23-19(25)13-5-8-22-9-6-13/h1-9,11,21H,10,12H2,(H,23,25). The van der Waals surface area contributed by atoms with E-state index in [1.807, 2.05) is 12.1 Å². The molecule has 0 fully saturated rings. The van der Waals surface area contributed by atoms with Crippen molar-refractivity contribution in [3.63, 3.8) is 0 Å². The van der Waals surface area contributed by atoms with Crippen LogP contribution in [0.25, 0.3) is 21.7 Å². The van der Waals surface area contributed by atoms with Crippen molar-refractivity contribution in [2.45, 2.75) is 6.54 Å². The summed E-state index contributed by atoms with van der Waals surface area (Å²) in [7, 11) is 0. The first-order valence-corrected chi connectivity index (χ1v) is 8.43. The number of amides is 1. The Morgan fingerprint density at radius 2 is 1.89 bits per heavy atom. The summed E-state index contributed by atoms with van der Waals surface area (Å²) in [6.45, 7) is 0.681. The largest absolute Gasteiger partial charge is 0.422 e. The molecule has 0 bridgehead atoms. The fourth-order valence-electron chi connectivity index (χ4n) is 3.04. The van der Waals surface area contributed by atoms with Crippen LogP contribution in [-0.2, 0) is 6.54 Å². The first-order valence-electron chi connectivity index (χ1n) is 8.43. The summed E-state index contributed by atoms with van der Waals surface area (Å²) < 4.78 is 6.96. The Bertz CT molecular complexity index is 1260. The third kappa shape index (κ3) is 3.10. The molecule has 3 aromatic heterocycles. The van der Waals surface area contributed by atoms with Crippen LogP contribution >= 0.6 is 0 Å². The van der Waals surface area contributed by atoms with Gasteiger partial charge in [0.25, 0.3) is 5.91 Å². The van der Waals surface area contributed by atoms with Crippen LogP contribution in [0.4, 0.5) is 0 Å². The number of carbonyl (C=O) groups excluding carboxylic acids is 1. The number of nitrogens with zero attached hydrogens (tertiary/aromatic N) is 2. The van der Waals surface area contributed by atoms with Crippen LogP contribution in [0.3, 0.4) is 0 Å². The Morgan fingerprint density at radius 1 is 1.11 bits per heavy atom. The van der Waals surface area contributed by atoms with Crippen molar-refractivity contribution in [2.75, 3.05) is 6.54 Å². The summed E-state index contributed by atoms with van der Waals surface area (Å²) in [5.41, 5.74) is 0.539. The molecular formula is C20H16N4O3. The third-order valence-corrected chi connectivity index (χ3v) is 4.38. The smallest absolute Gasteiger partial charge is 0.347 e. The normalized spacial score (nSPS) is 11.0. The number of fused-ring (bicyclic) bond motifs is 3. The molecule has 1 aromatic carbocycles. The minimum atomic E-state index is -0.538. The molecule has 134 valence electrons. The van der Waals surface area contributed by atoms with Crippen LogP contribution in [0.5, 0.6) is 0 Å². The Kier molecular flexibility index (Phi) is 4.25. The first-order chi connectivity index (χ1) is 13.1. The van der Waals surface area contributed by atoms with E-state index in [-0.39, 0.29) is 16.8 Å². The van der Waals surface area contributed by atoms with Crippen LogP contribution in [0.15, 0.2) is 70.3 Å². The number of para-hydroxylation sites is 1. The molecule has 0 atom stereocenters. The van der Waals surface area contributed by atoms with Gasteiger partial charge in [0.2, 0.25) is 0 Å². The lowest BCUT2D eigenvalue weighted by Crippen LogP contribution is -2.31. The predicted molar refractivity (Wildman–Crippen MR) is 100 cm³/mol. The van der Waals surface area contributed by atoms with Crippen LogP contribution < -0.4 is 16.4 Å². The predicted octanol–water partition coefficient (Wildman–Crippen LogP) is 2.05. The minimum absolute atomic E-state index is 0.0603. The second-order valence-corrected chi connectivity index (χ2v) is 6.02. The number of carbonyl (C=O) groups is 1. The summed E-state index contributed by atoms with van der Waals surface area (Å²) in [6.07, 6.45) is 4.85. The first kappa shape index (κ1) is 16.7. The molecule has 3 heterocycles. The molecule has 0 unspecified atom stereocenters. The molecule has 0 radical (unpaired) electrons. The Hall–Kier alpha value is -3.74. The van der Waals surface area contributed by atoms with Gasteiger partial charge in [-0.3, -0.25) is 15.2 Å². The highest BCUT2D eigenvalue weighted by Gasteiger charge is 2.11. The number of rotatable bonds is 4. The maximum absolute atomic E-state index is 12.4. The molecule has 0 saturated heterocycles. The van der Waals surface area contributed by atoms with Gasteiger partial charge in [-0.2, -0.15) is 0 Å². The summed E-state index contributed by atoms with van der Waals surface area (Å²) in [6, 6.07) is 12.3. The van der Waals surface area contributed by atoms with E-state index in [0.717, 1.165) is 5.39 Å². The van der Waals surface area contributed by atoms with Crippen molar-refractivity contribution in [3.05, 3.63) is 82.5 Å². The van der Waals surface area contributed by atoms with Crippen LogP contribution in [0.1, 0.15) is 10.4 Å². The average molecular weight is 360 g/mol. The van der Waals surface area contributed by atoms with E-state index in [2.05, 4.69) is 10.3 Å². The zero-order valence-corrected chi connectivity index (χ0v) is 14.3. The quantitative estimate of drug-likeness (QED) is 0.430. The summed E-state index contributed by atoms with van der Waals surface area (Å²) in [5.74, 6) is -0.212. The van der Waals surface area contributed by atoms with Crippen molar-refractivity contribution < 1.29 is 9.21 Å². The van der Waals surface area contributed by atoms with E-state index in [1.165, 1.54) is 0 Å². The zero-order chi connectivity index (χ0) is 18.8. The molecule has 27 heavy (non-hydrogen) atoms. The van der Waals surface area contributed by atoms with Gasteiger partial charge in [-0.15, -0.1) is 0 Å². The number of pyridine rings is 2. The fourth-order valence-corrected chi connectivity index (χ4v) is 3.04. The Balaban J connectivity index is 1.62. The molecule has 4 rings (SSSR count). The highest BCUT2D eigenvalue weighted by atomic mass is 16.4. The third-order valence-electron chi connectivity index (χ3n) is 4.38. The van der Waals surface area contributed by atoms with Crippen molar-refractivity contribution in [1.82, 2.24) is 14.9 Å². The van der Waals surface area contributed by atoms with Crippen molar-refractivity contribution in [2.24, 2.45) is 0 Å². The molecule has 0 saturated carbocycles. The van der Waals surface area contributed by atoms with E-state index in [9.17, 15) is 9.59 Å². The number of aromatic nitrogens is 2. The second-order valence-electron chi connectivity index (χ2n) is 6.02. The topological polar surface area (TPSA) is 101 Å². The highest BCUT2D eigenvalue weighted by molar-refractivity contribution is 6.03. The molecule has 1 amide bonds. The summed E-state index contributed by atoms with van der Waals surface area (Å²) >= 11 is 0. The number of nitrogens with one attached hydrogen (secondary N) is 2. The molecule has 7 nitrogen and oxygen atoms in total. The van der Waals surface area contributed by atoms with E-state index >= 15 is 0 Å². The summed E-state index contributed by atoms with van der Waals surface area (Å²) in [4.78, 5) is 28.3.